The monoisotopic (exact) mass is 309 g/mol. The third kappa shape index (κ3) is 6.75. The molecule has 0 aliphatic carbocycles. The van der Waals surface area contributed by atoms with E-state index in [1.807, 2.05) is 0 Å². The van der Waals surface area contributed by atoms with Gasteiger partial charge < -0.3 is 5.32 Å². The summed E-state index contributed by atoms with van der Waals surface area (Å²) in [6, 6.07) is 9.01. The number of rotatable bonds is 10. The predicted octanol–water partition coefficient (Wildman–Crippen LogP) is 4.40. The fraction of sp³-hybridized carbons (Fsp3) is 0.667. The molecule has 1 aromatic carbocycles. The van der Waals surface area contributed by atoms with Crippen molar-refractivity contribution >= 4 is 10.8 Å². The fourth-order valence-corrected chi connectivity index (χ4v) is 3.74. The van der Waals surface area contributed by atoms with Crippen LogP contribution in [0.2, 0.25) is 0 Å². The summed E-state index contributed by atoms with van der Waals surface area (Å²) in [6.07, 6.45) is 3.27. The van der Waals surface area contributed by atoms with Crippen molar-refractivity contribution in [2.45, 2.75) is 58.9 Å². The van der Waals surface area contributed by atoms with Crippen molar-refractivity contribution in [3.05, 3.63) is 35.4 Å². The molecule has 3 heteroatoms. The second kappa shape index (κ2) is 10.1. The van der Waals surface area contributed by atoms with Gasteiger partial charge in [-0.2, -0.15) is 0 Å². The van der Waals surface area contributed by atoms with Crippen molar-refractivity contribution in [2.24, 2.45) is 0 Å². The Hall–Kier alpha value is -0.670. The summed E-state index contributed by atoms with van der Waals surface area (Å²) in [7, 11) is -0.731. The van der Waals surface area contributed by atoms with E-state index in [1.165, 1.54) is 11.1 Å². The topological polar surface area (TPSA) is 29.1 Å². The SMILES string of the molecule is CCCCS(=O)CC(NCCC)c1ccc(C(C)C)cc1. The van der Waals surface area contributed by atoms with Crippen LogP contribution >= 0.6 is 0 Å². The molecular weight excluding hydrogens is 278 g/mol. The van der Waals surface area contributed by atoms with Crippen LogP contribution in [-0.4, -0.2) is 22.3 Å². The molecule has 0 saturated carbocycles. The zero-order valence-electron chi connectivity index (χ0n) is 14.0. The molecule has 1 rings (SSSR count). The number of unbranched alkanes of at least 4 members (excludes halogenated alkanes) is 1. The molecule has 0 fully saturated rings. The Morgan fingerprint density at radius 2 is 1.67 bits per heavy atom. The van der Waals surface area contributed by atoms with E-state index in [-0.39, 0.29) is 6.04 Å². The lowest BCUT2D eigenvalue weighted by Gasteiger charge is -2.19. The second-order valence-electron chi connectivity index (χ2n) is 5.99. The van der Waals surface area contributed by atoms with Crippen LogP contribution in [-0.2, 0) is 10.8 Å². The van der Waals surface area contributed by atoms with E-state index in [1.54, 1.807) is 0 Å². The minimum atomic E-state index is -0.731. The summed E-state index contributed by atoms with van der Waals surface area (Å²) in [5, 5.41) is 3.55. The van der Waals surface area contributed by atoms with E-state index < -0.39 is 10.8 Å². The lowest BCUT2D eigenvalue weighted by atomic mass is 9.99. The van der Waals surface area contributed by atoms with E-state index in [0.717, 1.165) is 37.3 Å². The summed E-state index contributed by atoms with van der Waals surface area (Å²) < 4.78 is 12.2. The molecule has 0 amide bonds. The van der Waals surface area contributed by atoms with E-state index in [2.05, 4.69) is 57.3 Å². The van der Waals surface area contributed by atoms with Crippen LogP contribution in [0.5, 0.6) is 0 Å². The van der Waals surface area contributed by atoms with Gasteiger partial charge in [0.15, 0.2) is 0 Å². The maximum atomic E-state index is 12.2. The van der Waals surface area contributed by atoms with Crippen molar-refractivity contribution < 1.29 is 4.21 Å². The number of hydrogen-bond donors (Lipinski definition) is 1. The highest BCUT2D eigenvalue weighted by Gasteiger charge is 2.14. The maximum Gasteiger partial charge on any atom is 0.0436 e. The number of benzene rings is 1. The highest BCUT2D eigenvalue weighted by atomic mass is 32.2. The molecule has 2 atom stereocenters. The van der Waals surface area contributed by atoms with Gasteiger partial charge in [-0.15, -0.1) is 0 Å². The van der Waals surface area contributed by atoms with Crippen LogP contribution in [0.4, 0.5) is 0 Å². The Balaban J connectivity index is 2.73. The van der Waals surface area contributed by atoms with E-state index >= 15 is 0 Å². The first-order valence-corrected chi connectivity index (χ1v) is 9.75. The van der Waals surface area contributed by atoms with Gasteiger partial charge in [0.1, 0.15) is 0 Å². The molecule has 120 valence electrons. The lowest BCUT2D eigenvalue weighted by Crippen LogP contribution is -2.27. The third-order valence-electron chi connectivity index (χ3n) is 3.72. The first kappa shape index (κ1) is 18.4. The van der Waals surface area contributed by atoms with Crippen LogP contribution < -0.4 is 5.32 Å². The van der Waals surface area contributed by atoms with Gasteiger partial charge in [-0.3, -0.25) is 4.21 Å². The largest absolute Gasteiger partial charge is 0.309 e. The average molecular weight is 310 g/mol. The van der Waals surface area contributed by atoms with Crippen molar-refractivity contribution in [1.82, 2.24) is 5.32 Å². The summed E-state index contributed by atoms with van der Waals surface area (Å²) in [5.41, 5.74) is 2.62. The van der Waals surface area contributed by atoms with Crippen molar-refractivity contribution in [3.63, 3.8) is 0 Å². The lowest BCUT2D eigenvalue weighted by molar-refractivity contribution is 0.569. The highest BCUT2D eigenvalue weighted by molar-refractivity contribution is 7.85. The van der Waals surface area contributed by atoms with Crippen LogP contribution in [0.3, 0.4) is 0 Å². The summed E-state index contributed by atoms with van der Waals surface area (Å²) in [6.45, 7) is 9.71. The van der Waals surface area contributed by atoms with Crippen LogP contribution in [0.1, 0.15) is 70.0 Å². The third-order valence-corrected chi connectivity index (χ3v) is 5.17. The Kier molecular flexibility index (Phi) is 8.86. The maximum absolute atomic E-state index is 12.2. The van der Waals surface area contributed by atoms with Gasteiger partial charge in [-0.05, 0) is 36.4 Å². The van der Waals surface area contributed by atoms with Crippen LogP contribution in [0.15, 0.2) is 24.3 Å². The first-order valence-electron chi connectivity index (χ1n) is 8.26. The molecule has 1 N–H and O–H groups in total. The van der Waals surface area contributed by atoms with Gasteiger partial charge in [0.05, 0.1) is 0 Å². The van der Waals surface area contributed by atoms with Crippen LogP contribution in [0.25, 0.3) is 0 Å². The quantitative estimate of drug-likeness (QED) is 0.694. The van der Waals surface area contributed by atoms with Gasteiger partial charge in [-0.1, -0.05) is 58.4 Å². The molecule has 0 aliphatic rings. The minimum absolute atomic E-state index is 0.212. The Morgan fingerprint density at radius 3 is 2.19 bits per heavy atom. The van der Waals surface area contributed by atoms with E-state index in [4.69, 9.17) is 0 Å². The van der Waals surface area contributed by atoms with Gasteiger partial charge in [-0.25, -0.2) is 0 Å². The Morgan fingerprint density at radius 1 is 1.05 bits per heavy atom. The molecular formula is C18H31NOS. The Bertz CT molecular complexity index is 414. The van der Waals surface area contributed by atoms with Gasteiger partial charge >= 0.3 is 0 Å². The molecule has 0 saturated heterocycles. The summed E-state index contributed by atoms with van der Waals surface area (Å²) in [5.74, 6) is 2.10. The zero-order valence-corrected chi connectivity index (χ0v) is 14.8. The standard InChI is InChI=1S/C18H31NOS/c1-5-7-13-21(20)14-18(19-12-6-2)17-10-8-16(9-11-17)15(3)4/h8-11,15,18-19H,5-7,12-14H2,1-4H3. The molecule has 2 nitrogen and oxygen atoms in total. The minimum Gasteiger partial charge on any atom is -0.309 e. The first-order chi connectivity index (χ1) is 10.1. The predicted molar refractivity (Wildman–Crippen MR) is 94.4 cm³/mol. The van der Waals surface area contributed by atoms with Gasteiger partial charge in [0.2, 0.25) is 0 Å². The molecule has 0 radical (unpaired) electrons. The van der Waals surface area contributed by atoms with E-state index in [0.29, 0.717) is 5.92 Å². The molecule has 1 aromatic rings. The average Bonchev–Trinajstić information content (AvgIpc) is 2.49. The smallest absolute Gasteiger partial charge is 0.0436 e. The van der Waals surface area contributed by atoms with Crippen molar-refractivity contribution in [1.29, 1.82) is 0 Å². The van der Waals surface area contributed by atoms with Gasteiger partial charge in [0.25, 0.3) is 0 Å². The molecule has 0 spiro atoms. The van der Waals surface area contributed by atoms with Crippen LogP contribution in [0, 0.1) is 0 Å². The Labute approximate surface area is 133 Å². The molecule has 0 aliphatic heterocycles. The molecule has 0 heterocycles. The number of hydrogen-bond acceptors (Lipinski definition) is 2. The van der Waals surface area contributed by atoms with E-state index in [9.17, 15) is 4.21 Å². The molecule has 0 bridgehead atoms. The second-order valence-corrected chi connectivity index (χ2v) is 7.61. The fourth-order valence-electron chi connectivity index (χ4n) is 2.28. The number of nitrogens with one attached hydrogen (secondary N) is 1. The molecule has 0 aromatic heterocycles. The summed E-state index contributed by atoms with van der Waals surface area (Å²) in [4.78, 5) is 0. The highest BCUT2D eigenvalue weighted by Crippen LogP contribution is 2.20. The molecule has 2 unspecified atom stereocenters. The normalized spacial score (nSPS) is 14.3. The van der Waals surface area contributed by atoms with Crippen molar-refractivity contribution in [3.8, 4) is 0 Å². The molecule has 21 heavy (non-hydrogen) atoms. The van der Waals surface area contributed by atoms with Crippen molar-refractivity contribution in [2.75, 3.05) is 18.1 Å². The zero-order chi connectivity index (χ0) is 15.7. The van der Waals surface area contributed by atoms with Gasteiger partial charge in [0, 0.05) is 28.3 Å². The summed E-state index contributed by atoms with van der Waals surface area (Å²) >= 11 is 0.